The Hall–Kier alpha value is -1.89. The van der Waals surface area contributed by atoms with Crippen LogP contribution in [-0.2, 0) is 4.79 Å². The van der Waals surface area contributed by atoms with E-state index in [4.69, 9.17) is 0 Å². The van der Waals surface area contributed by atoms with Crippen LogP contribution < -0.4 is 5.32 Å². The topological polar surface area (TPSA) is 95.1 Å². The molecular weight excluding hydrogens is 338 g/mol. The number of carbonyl (C=O) groups is 2. The highest BCUT2D eigenvalue weighted by atomic mass is 79.9. The maximum atomic E-state index is 12.3. The van der Waals surface area contributed by atoms with Crippen molar-refractivity contribution in [2.75, 3.05) is 0 Å². The molecule has 0 saturated heterocycles. The van der Waals surface area contributed by atoms with E-state index >= 15 is 0 Å². The van der Waals surface area contributed by atoms with Crippen molar-refractivity contribution in [2.45, 2.75) is 26.3 Å². The third-order valence-corrected chi connectivity index (χ3v) is 3.54. The molecule has 0 radical (unpaired) electrons. The number of nitrogens with one attached hydrogen (secondary N) is 2. The third-order valence-electron chi connectivity index (χ3n) is 3.05. The SMILES string of the molecule is CC(C)CC(NC(=O)c1n[nH]c2ccc(Br)cc12)C(=O)O. The van der Waals surface area contributed by atoms with Gasteiger partial charge in [-0.25, -0.2) is 4.79 Å². The normalized spacial score (nSPS) is 12.6. The van der Waals surface area contributed by atoms with Crippen molar-refractivity contribution in [3.8, 4) is 0 Å². The average Bonchev–Trinajstić information content (AvgIpc) is 2.80. The van der Waals surface area contributed by atoms with Crippen LogP contribution >= 0.6 is 15.9 Å². The van der Waals surface area contributed by atoms with E-state index in [1.54, 1.807) is 12.1 Å². The highest BCUT2D eigenvalue weighted by molar-refractivity contribution is 9.10. The molecule has 1 unspecified atom stereocenters. The predicted octanol–water partition coefficient (Wildman–Crippen LogP) is 2.55. The first-order chi connectivity index (χ1) is 9.88. The van der Waals surface area contributed by atoms with Gasteiger partial charge in [0.2, 0.25) is 0 Å². The Morgan fingerprint density at radius 1 is 1.43 bits per heavy atom. The van der Waals surface area contributed by atoms with Gasteiger partial charge in [0.05, 0.1) is 5.52 Å². The summed E-state index contributed by atoms with van der Waals surface area (Å²) < 4.78 is 0.822. The van der Waals surface area contributed by atoms with Crippen LogP contribution in [0.25, 0.3) is 10.9 Å². The molecule has 1 atom stereocenters. The van der Waals surface area contributed by atoms with Gasteiger partial charge < -0.3 is 10.4 Å². The van der Waals surface area contributed by atoms with Gasteiger partial charge in [0.15, 0.2) is 5.69 Å². The summed E-state index contributed by atoms with van der Waals surface area (Å²) in [6.07, 6.45) is 0.368. The van der Waals surface area contributed by atoms with Crippen LogP contribution in [0.4, 0.5) is 0 Å². The van der Waals surface area contributed by atoms with Crippen LogP contribution in [0.3, 0.4) is 0 Å². The number of aromatic nitrogens is 2. The van der Waals surface area contributed by atoms with Crippen molar-refractivity contribution in [3.63, 3.8) is 0 Å². The standard InChI is InChI=1S/C14H16BrN3O3/c1-7(2)5-11(14(20)21)16-13(19)12-9-6-8(15)3-4-10(9)17-18-12/h3-4,6-7,11H,5H2,1-2H3,(H,16,19)(H,17,18)(H,20,21). The molecule has 2 aromatic rings. The zero-order valence-electron chi connectivity index (χ0n) is 11.7. The molecule has 0 aliphatic rings. The predicted molar refractivity (Wildman–Crippen MR) is 82.1 cm³/mol. The maximum Gasteiger partial charge on any atom is 0.326 e. The molecular formula is C14H16BrN3O3. The molecule has 21 heavy (non-hydrogen) atoms. The van der Waals surface area contributed by atoms with Gasteiger partial charge in [-0.05, 0) is 30.5 Å². The molecule has 1 aromatic heterocycles. The summed E-state index contributed by atoms with van der Waals surface area (Å²) >= 11 is 3.34. The molecule has 3 N–H and O–H groups in total. The summed E-state index contributed by atoms with van der Waals surface area (Å²) in [7, 11) is 0. The van der Waals surface area contributed by atoms with Gasteiger partial charge >= 0.3 is 5.97 Å². The van der Waals surface area contributed by atoms with Crippen LogP contribution in [0.1, 0.15) is 30.8 Å². The van der Waals surface area contributed by atoms with Crippen molar-refractivity contribution in [1.29, 1.82) is 0 Å². The van der Waals surface area contributed by atoms with E-state index in [-0.39, 0.29) is 11.6 Å². The monoisotopic (exact) mass is 353 g/mol. The first-order valence-electron chi connectivity index (χ1n) is 6.55. The minimum Gasteiger partial charge on any atom is -0.480 e. The first-order valence-corrected chi connectivity index (χ1v) is 7.35. The summed E-state index contributed by atoms with van der Waals surface area (Å²) in [6, 6.07) is 4.48. The van der Waals surface area contributed by atoms with Crippen molar-refractivity contribution in [2.24, 2.45) is 5.92 Å². The van der Waals surface area contributed by atoms with Gasteiger partial charge in [0.25, 0.3) is 5.91 Å². The molecule has 0 aliphatic heterocycles. The number of aliphatic carboxylic acids is 1. The van der Waals surface area contributed by atoms with Gasteiger partial charge in [-0.15, -0.1) is 0 Å². The summed E-state index contributed by atoms with van der Waals surface area (Å²) in [5.74, 6) is -1.37. The number of halogens is 1. The molecule has 0 spiro atoms. The molecule has 112 valence electrons. The van der Waals surface area contributed by atoms with Crippen LogP contribution in [0, 0.1) is 5.92 Å². The van der Waals surface area contributed by atoms with E-state index in [0.29, 0.717) is 11.8 Å². The number of carboxylic acid groups (broad SMARTS) is 1. The molecule has 1 aromatic carbocycles. The summed E-state index contributed by atoms with van der Waals surface area (Å²) in [6.45, 7) is 3.81. The zero-order chi connectivity index (χ0) is 15.6. The fourth-order valence-electron chi connectivity index (χ4n) is 2.08. The number of rotatable bonds is 5. The van der Waals surface area contributed by atoms with E-state index in [0.717, 1.165) is 9.99 Å². The number of carboxylic acids is 1. The van der Waals surface area contributed by atoms with Gasteiger partial charge in [-0.1, -0.05) is 29.8 Å². The second kappa shape index (κ2) is 6.26. The molecule has 0 bridgehead atoms. The minimum atomic E-state index is -1.04. The number of hydrogen-bond donors (Lipinski definition) is 3. The fourth-order valence-corrected chi connectivity index (χ4v) is 2.44. The highest BCUT2D eigenvalue weighted by Gasteiger charge is 2.24. The van der Waals surface area contributed by atoms with Gasteiger partial charge in [0, 0.05) is 9.86 Å². The smallest absolute Gasteiger partial charge is 0.326 e. The molecule has 0 aliphatic carbocycles. The average molecular weight is 354 g/mol. The number of aromatic amines is 1. The molecule has 2 rings (SSSR count). The Labute approximate surface area is 130 Å². The molecule has 1 heterocycles. The highest BCUT2D eigenvalue weighted by Crippen LogP contribution is 2.21. The van der Waals surface area contributed by atoms with Crippen LogP contribution in [-0.4, -0.2) is 33.2 Å². The van der Waals surface area contributed by atoms with Crippen molar-refractivity contribution >= 4 is 38.7 Å². The Bertz CT molecular complexity index is 681. The van der Waals surface area contributed by atoms with Crippen LogP contribution in [0.5, 0.6) is 0 Å². The Morgan fingerprint density at radius 2 is 2.14 bits per heavy atom. The quantitative estimate of drug-likeness (QED) is 0.769. The lowest BCUT2D eigenvalue weighted by Gasteiger charge is -2.15. The fraction of sp³-hybridized carbons (Fsp3) is 0.357. The number of amides is 1. The maximum absolute atomic E-state index is 12.3. The number of fused-ring (bicyclic) bond motifs is 1. The number of nitrogens with zero attached hydrogens (tertiary/aromatic N) is 1. The molecule has 1 amide bonds. The largest absolute Gasteiger partial charge is 0.480 e. The number of hydrogen-bond acceptors (Lipinski definition) is 3. The second-order valence-corrected chi connectivity index (χ2v) is 6.17. The molecule has 0 fully saturated rings. The molecule has 6 nitrogen and oxygen atoms in total. The van der Waals surface area contributed by atoms with E-state index in [1.807, 2.05) is 19.9 Å². The van der Waals surface area contributed by atoms with Crippen molar-refractivity contribution < 1.29 is 14.7 Å². The summed E-state index contributed by atoms with van der Waals surface area (Å²) in [4.78, 5) is 23.5. The lowest BCUT2D eigenvalue weighted by atomic mass is 10.0. The Morgan fingerprint density at radius 3 is 2.76 bits per heavy atom. The van der Waals surface area contributed by atoms with Gasteiger partial charge in [-0.2, -0.15) is 5.10 Å². The third kappa shape index (κ3) is 3.60. The van der Waals surface area contributed by atoms with Crippen molar-refractivity contribution in [3.05, 3.63) is 28.4 Å². The zero-order valence-corrected chi connectivity index (χ0v) is 13.3. The Kier molecular flexibility index (Phi) is 4.62. The van der Waals surface area contributed by atoms with Crippen LogP contribution in [0.2, 0.25) is 0 Å². The van der Waals surface area contributed by atoms with Gasteiger partial charge in [-0.3, -0.25) is 9.89 Å². The summed E-state index contributed by atoms with van der Waals surface area (Å²) in [5, 5.41) is 19.1. The molecule has 7 heteroatoms. The van der Waals surface area contributed by atoms with E-state index in [2.05, 4.69) is 31.4 Å². The van der Waals surface area contributed by atoms with Crippen molar-refractivity contribution in [1.82, 2.24) is 15.5 Å². The summed E-state index contributed by atoms with van der Waals surface area (Å²) in [5.41, 5.74) is 0.917. The molecule has 0 saturated carbocycles. The second-order valence-electron chi connectivity index (χ2n) is 5.26. The number of H-pyrrole nitrogens is 1. The van der Waals surface area contributed by atoms with Crippen LogP contribution in [0.15, 0.2) is 22.7 Å². The number of benzene rings is 1. The lowest BCUT2D eigenvalue weighted by molar-refractivity contribution is -0.139. The minimum absolute atomic E-state index is 0.163. The van der Waals surface area contributed by atoms with Gasteiger partial charge in [0.1, 0.15) is 6.04 Å². The number of carbonyl (C=O) groups excluding carboxylic acids is 1. The van der Waals surface area contributed by atoms with E-state index in [9.17, 15) is 14.7 Å². The lowest BCUT2D eigenvalue weighted by Crippen LogP contribution is -2.41. The Balaban J connectivity index is 2.25. The first kappa shape index (κ1) is 15.5. The van der Waals surface area contributed by atoms with E-state index in [1.165, 1.54) is 0 Å². The van der Waals surface area contributed by atoms with E-state index < -0.39 is 17.9 Å².